The molecule has 0 unspecified atom stereocenters. The molecule has 0 bridgehead atoms. The van der Waals surface area contributed by atoms with Crippen molar-refractivity contribution >= 4 is 22.6 Å². The van der Waals surface area contributed by atoms with Gasteiger partial charge in [-0.15, -0.1) is 0 Å². The molecule has 0 fully saturated rings. The number of nitrogens with one attached hydrogen (secondary N) is 1. The van der Waals surface area contributed by atoms with E-state index in [4.69, 9.17) is 5.11 Å². The van der Waals surface area contributed by atoms with E-state index in [9.17, 15) is 14.7 Å². The van der Waals surface area contributed by atoms with Crippen molar-refractivity contribution in [2.75, 3.05) is 0 Å². The van der Waals surface area contributed by atoms with Gasteiger partial charge in [0.05, 0.1) is 12.5 Å². The van der Waals surface area contributed by atoms with Crippen molar-refractivity contribution in [3.05, 3.63) is 48.0 Å². The molecule has 0 aliphatic heterocycles. The number of fused-ring (bicyclic) bond motifs is 1. The Kier molecular flexibility index (Phi) is 4.55. The normalized spacial score (nSPS) is 13.6. The Labute approximate surface area is 122 Å². The SMILES string of the molecule is C[C@H](O)[C@H](NC(=O)Cc1cccc2ccccc12)C(=O)O. The van der Waals surface area contributed by atoms with Crippen LogP contribution < -0.4 is 5.32 Å². The second-order valence-corrected chi connectivity index (χ2v) is 4.94. The van der Waals surface area contributed by atoms with Crippen LogP contribution in [0.2, 0.25) is 0 Å². The quantitative estimate of drug-likeness (QED) is 0.774. The fourth-order valence-electron chi connectivity index (χ4n) is 2.23. The highest BCUT2D eigenvalue weighted by molar-refractivity contribution is 5.91. The van der Waals surface area contributed by atoms with E-state index in [-0.39, 0.29) is 6.42 Å². The number of hydrogen-bond donors (Lipinski definition) is 3. The summed E-state index contributed by atoms with van der Waals surface area (Å²) in [6, 6.07) is 12.0. The van der Waals surface area contributed by atoms with Crippen molar-refractivity contribution in [3.63, 3.8) is 0 Å². The van der Waals surface area contributed by atoms with E-state index in [0.29, 0.717) is 0 Å². The van der Waals surface area contributed by atoms with Crippen molar-refractivity contribution in [1.82, 2.24) is 5.32 Å². The van der Waals surface area contributed by atoms with Crippen molar-refractivity contribution < 1.29 is 19.8 Å². The van der Waals surface area contributed by atoms with E-state index in [1.165, 1.54) is 6.92 Å². The number of rotatable bonds is 5. The first-order valence-corrected chi connectivity index (χ1v) is 6.66. The molecule has 0 radical (unpaired) electrons. The molecule has 3 N–H and O–H groups in total. The van der Waals surface area contributed by atoms with Gasteiger partial charge in [0.25, 0.3) is 0 Å². The zero-order valence-electron chi connectivity index (χ0n) is 11.6. The highest BCUT2D eigenvalue weighted by Crippen LogP contribution is 2.18. The number of carboxylic acids is 1. The second-order valence-electron chi connectivity index (χ2n) is 4.94. The molecule has 0 aliphatic rings. The van der Waals surface area contributed by atoms with Gasteiger partial charge in [-0.3, -0.25) is 4.79 Å². The number of aliphatic hydroxyl groups is 1. The predicted molar refractivity (Wildman–Crippen MR) is 78.9 cm³/mol. The average Bonchev–Trinajstić information content (AvgIpc) is 2.44. The fourth-order valence-corrected chi connectivity index (χ4v) is 2.23. The van der Waals surface area contributed by atoms with Gasteiger partial charge < -0.3 is 15.5 Å². The molecule has 1 amide bonds. The molecule has 0 heterocycles. The van der Waals surface area contributed by atoms with E-state index >= 15 is 0 Å². The van der Waals surface area contributed by atoms with Gasteiger partial charge in [-0.05, 0) is 23.3 Å². The lowest BCUT2D eigenvalue weighted by molar-refractivity contribution is -0.144. The van der Waals surface area contributed by atoms with Crippen LogP contribution in [0.3, 0.4) is 0 Å². The van der Waals surface area contributed by atoms with E-state index in [1.54, 1.807) is 0 Å². The van der Waals surface area contributed by atoms with Crippen LogP contribution in [-0.2, 0) is 16.0 Å². The lowest BCUT2D eigenvalue weighted by Gasteiger charge is -2.17. The van der Waals surface area contributed by atoms with Gasteiger partial charge in [0, 0.05) is 0 Å². The summed E-state index contributed by atoms with van der Waals surface area (Å²) in [6.07, 6.45) is -1.09. The van der Waals surface area contributed by atoms with Crippen molar-refractivity contribution in [1.29, 1.82) is 0 Å². The van der Waals surface area contributed by atoms with Gasteiger partial charge >= 0.3 is 5.97 Å². The third-order valence-electron chi connectivity index (χ3n) is 3.30. The Hall–Kier alpha value is -2.40. The van der Waals surface area contributed by atoms with E-state index in [2.05, 4.69) is 5.32 Å². The molecule has 2 atom stereocenters. The number of hydrogen-bond acceptors (Lipinski definition) is 3. The van der Waals surface area contributed by atoms with Crippen LogP contribution in [0.4, 0.5) is 0 Å². The lowest BCUT2D eigenvalue weighted by atomic mass is 10.0. The molecular weight excluding hydrogens is 270 g/mol. The molecule has 2 rings (SSSR count). The minimum absolute atomic E-state index is 0.0673. The Morgan fingerprint density at radius 1 is 1.14 bits per heavy atom. The summed E-state index contributed by atoms with van der Waals surface area (Å²) in [6.45, 7) is 1.33. The van der Waals surface area contributed by atoms with Crippen LogP contribution in [0.1, 0.15) is 12.5 Å². The first-order chi connectivity index (χ1) is 9.99. The summed E-state index contributed by atoms with van der Waals surface area (Å²) in [7, 11) is 0. The summed E-state index contributed by atoms with van der Waals surface area (Å²) >= 11 is 0. The predicted octanol–water partition coefficient (Wildman–Crippen LogP) is 1.33. The summed E-state index contributed by atoms with van der Waals surface area (Å²) in [4.78, 5) is 23.0. The third-order valence-corrected chi connectivity index (χ3v) is 3.30. The smallest absolute Gasteiger partial charge is 0.328 e. The number of carboxylic acid groups (broad SMARTS) is 1. The molecule has 0 spiro atoms. The van der Waals surface area contributed by atoms with Crippen LogP contribution in [0.25, 0.3) is 10.8 Å². The molecule has 2 aromatic carbocycles. The van der Waals surface area contributed by atoms with E-state index in [0.717, 1.165) is 16.3 Å². The molecular formula is C16H17NO4. The lowest BCUT2D eigenvalue weighted by Crippen LogP contribution is -2.48. The Morgan fingerprint density at radius 2 is 1.81 bits per heavy atom. The summed E-state index contributed by atoms with van der Waals surface area (Å²) < 4.78 is 0. The maximum absolute atomic E-state index is 12.0. The monoisotopic (exact) mass is 287 g/mol. The summed E-state index contributed by atoms with van der Waals surface area (Å²) in [5.41, 5.74) is 0.820. The topological polar surface area (TPSA) is 86.6 Å². The summed E-state index contributed by atoms with van der Waals surface area (Å²) in [5, 5.41) is 22.6. The molecule has 0 saturated heterocycles. The molecule has 0 aliphatic carbocycles. The third kappa shape index (κ3) is 3.58. The number of aliphatic hydroxyl groups excluding tert-OH is 1. The van der Waals surface area contributed by atoms with Crippen LogP contribution >= 0.6 is 0 Å². The second kappa shape index (κ2) is 6.37. The van der Waals surface area contributed by atoms with E-state index < -0.39 is 24.0 Å². The first kappa shape index (κ1) is 15.0. The van der Waals surface area contributed by atoms with Crippen LogP contribution in [0, 0.1) is 0 Å². The van der Waals surface area contributed by atoms with E-state index in [1.807, 2.05) is 42.5 Å². The van der Waals surface area contributed by atoms with Crippen LogP contribution in [0.5, 0.6) is 0 Å². The van der Waals surface area contributed by atoms with Gasteiger partial charge in [0.2, 0.25) is 5.91 Å². The van der Waals surface area contributed by atoms with Gasteiger partial charge in [-0.1, -0.05) is 42.5 Å². The maximum Gasteiger partial charge on any atom is 0.328 e. The van der Waals surface area contributed by atoms with Gasteiger partial charge in [0.1, 0.15) is 0 Å². The summed E-state index contributed by atoms with van der Waals surface area (Å²) in [5.74, 6) is -1.68. The number of benzene rings is 2. The number of carbonyl (C=O) groups excluding carboxylic acids is 1. The van der Waals surface area contributed by atoms with Crippen LogP contribution in [0.15, 0.2) is 42.5 Å². The first-order valence-electron chi connectivity index (χ1n) is 6.66. The Balaban J connectivity index is 2.17. The Bertz CT molecular complexity index is 661. The maximum atomic E-state index is 12.0. The van der Waals surface area contributed by atoms with Crippen molar-refractivity contribution in [3.8, 4) is 0 Å². The molecule has 110 valence electrons. The molecule has 21 heavy (non-hydrogen) atoms. The molecule has 0 saturated carbocycles. The Morgan fingerprint density at radius 3 is 2.48 bits per heavy atom. The van der Waals surface area contributed by atoms with Crippen LogP contribution in [-0.4, -0.2) is 34.2 Å². The zero-order chi connectivity index (χ0) is 15.4. The largest absolute Gasteiger partial charge is 0.480 e. The van der Waals surface area contributed by atoms with Gasteiger partial charge in [-0.25, -0.2) is 4.79 Å². The number of amides is 1. The molecule has 0 aromatic heterocycles. The average molecular weight is 287 g/mol. The van der Waals surface area contributed by atoms with Crippen molar-refractivity contribution in [2.45, 2.75) is 25.5 Å². The number of carbonyl (C=O) groups is 2. The van der Waals surface area contributed by atoms with Gasteiger partial charge in [-0.2, -0.15) is 0 Å². The zero-order valence-corrected chi connectivity index (χ0v) is 11.6. The fraction of sp³-hybridized carbons (Fsp3) is 0.250. The molecule has 2 aromatic rings. The minimum atomic E-state index is -1.30. The molecule has 5 nitrogen and oxygen atoms in total. The van der Waals surface area contributed by atoms with Crippen molar-refractivity contribution in [2.24, 2.45) is 0 Å². The molecule has 5 heteroatoms. The standard InChI is InChI=1S/C16H17NO4/c1-10(18)15(16(20)21)17-14(19)9-12-7-4-6-11-5-2-3-8-13(11)12/h2-8,10,15,18H,9H2,1H3,(H,17,19)(H,20,21)/t10-,15-/m0/s1. The number of aliphatic carboxylic acids is 1. The van der Waals surface area contributed by atoms with Gasteiger partial charge in [0.15, 0.2) is 6.04 Å². The highest BCUT2D eigenvalue weighted by Gasteiger charge is 2.24. The highest BCUT2D eigenvalue weighted by atomic mass is 16.4. The minimum Gasteiger partial charge on any atom is -0.480 e.